The summed E-state index contributed by atoms with van der Waals surface area (Å²) in [4.78, 5) is 12.3. The Morgan fingerprint density at radius 2 is 2.05 bits per heavy atom. The second kappa shape index (κ2) is 6.94. The van der Waals surface area contributed by atoms with Gasteiger partial charge in [-0.25, -0.2) is 0 Å². The molecule has 1 aromatic rings. The number of hydrogen-bond donors (Lipinski definition) is 2. The van der Waals surface area contributed by atoms with Gasteiger partial charge in [0.25, 0.3) is 5.91 Å². The second-order valence-electron chi connectivity index (χ2n) is 6.07. The van der Waals surface area contributed by atoms with Gasteiger partial charge in [0.15, 0.2) is 0 Å². The van der Waals surface area contributed by atoms with Crippen LogP contribution in [0.25, 0.3) is 0 Å². The van der Waals surface area contributed by atoms with Crippen LogP contribution in [0.3, 0.4) is 0 Å². The highest BCUT2D eigenvalue weighted by Gasteiger charge is 2.18. The smallest absolute Gasteiger partial charge is 0.251 e. The van der Waals surface area contributed by atoms with Gasteiger partial charge >= 0.3 is 0 Å². The summed E-state index contributed by atoms with van der Waals surface area (Å²) in [5.74, 6) is 0.817. The minimum absolute atomic E-state index is 0.000530. The summed E-state index contributed by atoms with van der Waals surface area (Å²) in [6, 6.07) is 7.80. The van der Waals surface area contributed by atoms with Crippen molar-refractivity contribution in [3.8, 4) is 5.75 Å². The Bertz CT molecular complexity index is 477. The molecule has 1 aromatic carbocycles. The largest absolute Gasteiger partial charge is 0.490 e. The minimum Gasteiger partial charge on any atom is -0.490 e. The fourth-order valence-electron chi connectivity index (χ4n) is 3.15. The Kier molecular flexibility index (Phi) is 4.76. The summed E-state index contributed by atoms with van der Waals surface area (Å²) in [5.41, 5.74) is 0.691. The first kappa shape index (κ1) is 14.4. The average Bonchev–Trinajstić information content (AvgIpc) is 3.01. The average molecular weight is 288 g/mol. The van der Waals surface area contributed by atoms with Crippen molar-refractivity contribution in [2.75, 3.05) is 13.1 Å². The Hall–Kier alpha value is -1.55. The van der Waals surface area contributed by atoms with E-state index in [0.29, 0.717) is 11.7 Å². The fraction of sp³-hybridized carbons (Fsp3) is 0.588. The number of carbonyl (C=O) groups is 1. The van der Waals surface area contributed by atoms with Crippen molar-refractivity contribution >= 4 is 5.91 Å². The highest BCUT2D eigenvalue weighted by molar-refractivity contribution is 5.94. The maximum Gasteiger partial charge on any atom is 0.251 e. The topological polar surface area (TPSA) is 50.4 Å². The van der Waals surface area contributed by atoms with Crippen LogP contribution >= 0.6 is 0 Å². The van der Waals surface area contributed by atoms with Gasteiger partial charge in [0, 0.05) is 18.2 Å². The van der Waals surface area contributed by atoms with Crippen LogP contribution in [0.1, 0.15) is 48.9 Å². The third-order valence-corrected chi connectivity index (χ3v) is 4.33. The summed E-state index contributed by atoms with van der Waals surface area (Å²) >= 11 is 0. The minimum atomic E-state index is 0.000530. The van der Waals surface area contributed by atoms with E-state index < -0.39 is 0 Å². The molecule has 1 saturated heterocycles. The number of rotatable bonds is 4. The van der Waals surface area contributed by atoms with Gasteiger partial charge in [0.05, 0.1) is 6.10 Å². The SMILES string of the molecule is O=C(N[C@H]1CCCNC1)c1cccc(OC2CCCC2)c1. The van der Waals surface area contributed by atoms with E-state index in [1.807, 2.05) is 24.3 Å². The van der Waals surface area contributed by atoms with Crippen LogP contribution < -0.4 is 15.4 Å². The maximum absolute atomic E-state index is 12.3. The molecule has 1 heterocycles. The molecule has 4 heteroatoms. The van der Waals surface area contributed by atoms with Crippen molar-refractivity contribution in [3.63, 3.8) is 0 Å². The van der Waals surface area contributed by atoms with E-state index in [9.17, 15) is 4.79 Å². The van der Waals surface area contributed by atoms with E-state index in [2.05, 4.69) is 10.6 Å². The molecule has 2 N–H and O–H groups in total. The molecule has 114 valence electrons. The molecule has 1 saturated carbocycles. The number of nitrogens with one attached hydrogen (secondary N) is 2. The molecule has 2 fully saturated rings. The number of carbonyl (C=O) groups excluding carboxylic acids is 1. The third-order valence-electron chi connectivity index (χ3n) is 4.33. The zero-order valence-electron chi connectivity index (χ0n) is 12.4. The van der Waals surface area contributed by atoms with Crippen molar-refractivity contribution in [1.29, 1.82) is 0 Å². The number of amides is 1. The van der Waals surface area contributed by atoms with E-state index >= 15 is 0 Å². The normalized spacial score (nSPS) is 23.0. The summed E-state index contributed by atoms with van der Waals surface area (Å²) in [5, 5.41) is 6.41. The van der Waals surface area contributed by atoms with Crippen LogP contribution in [0.5, 0.6) is 5.75 Å². The first-order chi connectivity index (χ1) is 10.3. The van der Waals surface area contributed by atoms with Crippen molar-refractivity contribution in [3.05, 3.63) is 29.8 Å². The van der Waals surface area contributed by atoms with Crippen molar-refractivity contribution in [1.82, 2.24) is 10.6 Å². The van der Waals surface area contributed by atoms with Crippen LogP contribution in [-0.2, 0) is 0 Å². The molecule has 0 spiro atoms. The summed E-state index contributed by atoms with van der Waals surface area (Å²) in [6.45, 7) is 1.92. The van der Waals surface area contributed by atoms with Gasteiger partial charge in [0.2, 0.25) is 0 Å². The summed E-state index contributed by atoms with van der Waals surface area (Å²) in [7, 11) is 0. The van der Waals surface area contributed by atoms with Crippen LogP contribution in [0, 0.1) is 0 Å². The van der Waals surface area contributed by atoms with Gasteiger partial charge in [-0.3, -0.25) is 4.79 Å². The quantitative estimate of drug-likeness (QED) is 0.895. The summed E-state index contributed by atoms with van der Waals surface area (Å²) < 4.78 is 5.96. The number of ether oxygens (including phenoxy) is 1. The Morgan fingerprint density at radius 1 is 1.19 bits per heavy atom. The zero-order chi connectivity index (χ0) is 14.5. The van der Waals surface area contributed by atoms with E-state index in [4.69, 9.17) is 4.74 Å². The highest BCUT2D eigenvalue weighted by atomic mass is 16.5. The predicted molar refractivity (Wildman–Crippen MR) is 82.7 cm³/mol. The van der Waals surface area contributed by atoms with Gasteiger partial charge in [-0.05, 0) is 63.3 Å². The van der Waals surface area contributed by atoms with Crippen molar-refractivity contribution in [2.24, 2.45) is 0 Å². The Labute approximate surface area is 126 Å². The third kappa shape index (κ3) is 3.97. The molecule has 1 atom stereocenters. The molecular weight excluding hydrogens is 264 g/mol. The number of benzene rings is 1. The molecule has 2 aliphatic rings. The van der Waals surface area contributed by atoms with Gasteiger partial charge in [-0.2, -0.15) is 0 Å². The maximum atomic E-state index is 12.3. The fourth-order valence-corrected chi connectivity index (χ4v) is 3.15. The lowest BCUT2D eigenvalue weighted by Gasteiger charge is -2.24. The Balaban J connectivity index is 1.59. The molecule has 21 heavy (non-hydrogen) atoms. The first-order valence-corrected chi connectivity index (χ1v) is 8.09. The second-order valence-corrected chi connectivity index (χ2v) is 6.07. The van der Waals surface area contributed by atoms with E-state index in [1.165, 1.54) is 12.8 Å². The first-order valence-electron chi connectivity index (χ1n) is 8.09. The van der Waals surface area contributed by atoms with Crippen LogP contribution in [0.4, 0.5) is 0 Å². The molecule has 1 amide bonds. The molecule has 4 nitrogen and oxygen atoms in total. The highest BCUT2D eigenvalue weighted by Crippen LogP contribution is 2.24. The number of hydrogen-bond acceptors (Lipinski definition) is 3. The Morgan fingerprint density at radius 3 is 2.81 bits per heavy atom. The zero-order valence-corrected chi connectivity index (χ0v) is 12.4. The van der Waals surface area contributed by atoms with Crippen LogP contribution in [-0.4, -0.2) is 31.1 Å². The lowest BCUT2D eigenvalue weighted by Crippen LogP contribution is -2.45. The van der Waals surface area contributed by atoms with Crippen LogP contribution in [0.15, 0.2) is 24.3 Å². The predicted octanol–water partition coefficient (Wildman–Crippen LogP) is 2.49. The monoisotopic (exact) mass is 288 g/mol. The molecule has 0 radical (unpaired) electrons. The van der Waals surface area contributed by atoms with Crippen molar-refractivity contribution in [2.45, 2.75) is 50.7 Å². The molecular formula is C17H24N2O2. The van der Waals surface area contributed by atoms with E-state index in [-0.39, 0.29) is 11.9 Å². The molecule has 3 rings (SSSR count). The lowest BCUT2D eigenvalue weighted by atomic mass is 10.1. The molecule has 0 bridgehead atoms. The van der Waals surface area contributed by atoms with Crippen LogP contribution in [0.2, 0.25) is 0 Å². The van der Waals surface area contributed by atoms with Gasteiger partial charge in [-0.1, -0.05) is 6.07 Å². The molecule has 1 aliphatic heterocycles. The van der Waals surface area contributed by atoms with Gasteiger partial charge in [0.1, 0.15) is 5.75 Å². The van der Waals surface area contributed by atoms with Crippen molar-refractivity contribution < 1.29 is 9.53 Å². The molecule has 0 unspecified atom stereocenters. The molecule has 1 aliphatic carbocycles. The van der Waals surface area contributed by atoms with E-state index in [1.54, 1.807) is 0 Å². The van der Waals surface area contributed by atoms with Gasteiger partial charge in [-0.15, -0.1) is 0 Å². The van der Waals surface area contributed by atoms with E-state index in [0.717, 1.165) is 44.5 Å². The number of piperidine rings is 1. The standard InChI is InChI=1S/C17H24N2O2/c20-17(19-14-6-4-10-18-12-14)13-5-3-9-16(11-13)21-15-7-1-2-8-15/h3,5,9,11,14-15,18H,1-2,4,6-8,10,12H2,(H,19,20)/t14-/m0/s1. The summed E-state index contributed by atoms with van der Waals surface area (Å²) in [6.07, 6.45) is 7.26. The molecule has 0 aromatic heterocycles. The lowest BCUT2D eigenvalue weighted by molar-refractivity contribution is 0.0930. The van der Waals surface area contributed by atoms with Gasteiger partial charge < -0.3 is 15.4 Å².